The molecule has 0 amide bonds. The molecule has 13 nitrogen and oxygen atoms in total. The van der Waals surface area contributed by atoms with Gasteiger partial charge in [0.1, 0.15) is 47.5 Å². The predicted molar refractivity (Wildman–Crippen MR) is 136 cm³/mol. The number of aliphatic hydroxyl groups is 2. The summed E-state index contributed by atoms with van der Waals surface area (Å²) in [7, 11) is -4.23. The van der Waals surface area contributed by atoms with Gasteiger partial charge in [0.25, 0.3) is 0 Å². The maximum Gasteiger partial charge on any atom is 0.459 e. The smallest absolute Gasteiger partial charge is 0.459 e. The number of nitrogens with two attached hydrogens (primary N) is 1. The number of hydrogen-bond donors (Lipinski definition) is 4. The second-order valence-corrected chi connectivity index (χ2v) is 11.2. The molecule has 1 saturated heterocycles. The minimum Gasteiger partial charge on any atom is -0.462 e. The Kier molecular flexibility index (Phi) is 8.07. The lowest BCUT2D eigenvalue weighted by Crippen LogP contribution is -2.45. The Morgan fingerprint density at radius 2 is 1.95 bits per heavy atom. The fourth-order valence-electron chi connectivity index (χ4n) is 4.05. The van der Waals surface area contributed by atoms with Gasteiger partial charge in [0.05, 0.1) is 18.4 Å². The van der Waals surface area contributed by atoms with E-state index < -0.39 is 50.3 Å². The summed E-state index contributed by atoms with van der Waals surface area (Å²) in [5.41, 5.74) is 5.31. The number of nitrogen functional groups attached to an aromatic ring is 1. The quantitative estimate of drug-likeness (QED) is 0.214. The van der Waals surface area contributed by atoms with E-state index in [0.29, 0.717) is 11.2 Å². The molecule has 3 heterocycles. The minimum atomic E-state index is -4.23. The van der Waals surface area contributed by atoms with Crippen LogP contribution in [0.15, 0.2) is 48.8 Å². The fourth-order valence-corrected chi connectivity index (χ4v) is 5.63. The van der Waals surface area contributed by atoms with Crippen LogP contribution in [-0.2, 0) is 23.4 Å². The lowest BCUT2D eigenvalue weighted by molar-refractivity contribution is -0.149. The van der Waals surface area contributed by atoms with Crippen LogP contribution in [0.4, 0.5) is 5.82 Å². The monoisotopic (exact) mass is 549 g/mol. The maximum absolute atomic E-state index is 13.8. The molecule has 1 fully saturated rings. The Labute approximate surface area is 219 Å². The van der Waals surface area contributed by atoms with Crippen LogP contribution >= 0.6 is 7.75 Å². The van der Waals surface area contributed by atoms with Gasteiger partial charge in [-0.3, -0.25) is 9.32 Å². The average molecular weight is 550 g/mol. The molecule has 1 aliphatic heterocycles. The summed E-state index contributed by atoms with van der Waals surface area (Å²) in [4.78, 5) is 16.3. The second-order valence-electron chi connectivity index (χ2n) is 9.50. The number of aliphatic hydroxyl groups excluding tert-OH is 2. The Balaban J connectivity index is 1.55. The number of fused-ring (bicyclic) bond motifs is 1. The molecule has 1 aromatic carbocycles. The Morgan fingerprint density at radius 3 is 2.63 bits per heavy atom. The highest BCUT2D eigenvalue weighted by Gasteiger charge is 2.54. The zero-order chi connectivity index (χ0) is 27.7. The summed E-state index contributed by atoms with van der Waals surface area (Å²) in [6.07, 6.45) is -2.95. The lowest BCUT2D eigenvalue weighted by atomic mass is 9.97. The van der Waals surface area contributed by atoms with Crippen LogP contribution in [-0.4, -0.2) is 67.3 Å². The molecule has 0 saturated carbocycles. The van der Waals surface area contributed by atoms with Gasteiger partial charge in [-0.1, -0.05) is 18.2 Å². The number of nitrogens with one attached hydrogen (secondary N) is 1. The first-order valence-corrected chi connectivity index (χ1v) is 13.6. The van der Waals surface area contributed by atoms with E-state index in [-0.39, 0.29) is 17.7 Å². The third-order valence-electron chi connectivity index (χ3n) is 6.01. The zero-order valence-electron chi connectivity index (χ0n) is 21.4. The van der Waals surface area contributed by atoms with Gasteiger partial charge in [0.15, 0.2) is 5.82 Å². The predicted octanol–water partition coefficient (Wildman–Crippen LogP) is 2.00. The van der Waals surface area contributed by atoms with Gasteiger partial charge in [-0.2, -0.15) is 10.2 Å². The van der Waals surface area contributed by atoms with Gasteiger partial charge < -0.3 is 29.9 Å². The molecule has 2 aromatic heterocycles. The van der Waals surface area contributed by atoms with Gasteiger partial charge in [0.2, 0.25) is 0 Å². The minimum absolute atomic E-state index is 0.223. The van der Waals surface area contributed by atoms with Crippen molar-refractivity contribution in [1.29, 1.82) is 0 Å². The molecule has 38 heavy (non-hydrogen) atoms. The van der Waals surface area contributed by atoms with Crippen molar-refractivity contribution in [3.63, 3.8) is 0 Å². The van der Waals surface area contributed by atoms with Gasteiger partial charge in [-0.25, -0.2) is 14.1 Å². The van der Waals surface area contributed by atoms with E-state index in [2.05, 4.69) is 15.2 Å². The highest BCUT2D eigenvalue weighted by atomic mass is 31.2. The number of rotatable bonds is 10. The molecule has 1 aliphatic rings. The van der Waals surface area contributed by atoms with Crippen LogP contribution in [0.1, 0.15) is 39.5 Å². The molecule has 14 heteroatoms. The number of carbonyl (C=O) groups excluding carboxylic acids is 1. The number of benzene rings is 1. The standard InChI is InChI=1S/C24H32N5O8P/c1-14(2)35-23(32)15(3)28-38(33,37-16-8-6-5-7-9-16)34-12-24(4)21(31)19(30)20(36-24)17-10-11-18-22(25)26-13-27-29(17)18/h5-11,13-15,19-21,30-31H,12H2,1-4H3,(H,28,33)(H2,25,26,27)/t15-,19-,20-,21-,24+,38?/m0/s1. The van der Waals surface area contributed by atoms with Crippen molar-refractivity contribution >= 4 is 25.1 Å². The normalized spacial score (nSPS) is 25.8. The summed E-state index contributed by atoms with van der Waals surface area (Å²) < 4.78 is 37.9. The van der Waals surface area contributed by atoms with Crippen LogP contribution in [0, 0.1) is 0 Å². The van der Waals surface area contributed by atoms with E-state index in [1.165, 1.54) is 24.7 Å². The average Bonchev–Trinajstić information content (AvgIpc) is 3.39. The molecule has 0 spiro atoms. The molecule has 6 atom stereocenters. The number of anilines is 1. The van der Waals surface area contributed by atoms with Crippen LogP contribution < -0.4 is 15.3 Å². The summed E-state index contributed by atoms with van der Waals surface area (Å²) in [5, 5.41) is 28.5. The van der Waals surface area contributed by atoms with E-state index >= 15 is 0 Å². The van der Waals surface area contributed by atoms with Crippen molar-refractivity contribution in [2.24, 2.45) is 0 Å². The first-order chi connectivity index (χ1) is 17.9. The van der Waals surface area contributed by atoms with Crippen molar-refractivity contribution in [3.05, 3.63) is 54.5 Å². The van der Waals surface area contributed by atoms with E-state index in [1.54, 1.807) is 56.3 Å². The Hall–Kier alpha value is -3.06. The molecule has 0 bridgehead atoms. The van der Waals surface area contributed by atoms with Crippen molar-refractivity contribution < 1.29 is 38.1 Å². The summed E-state index contributed by atoms with van der Waals surface area (Å²) in [6, 6.07) is 10.5. The Bertz CT molecular complexity index is 1320. The van der Waals surface area contributed by atoms with Crippen LogP contribution in [0.3, 0.4) is 0 Å². The number of para-hydroxylation sites is 1. The topological polar surface area (TPSA) is 180 Å². The molecular formula is C24H32N5O8P. The highest BCUT2D eigenvalue weighted by molar-refractivity contribution is 7.52. The number of hydrogen-bond acceptors (Lipinski definition) is 11. The van der Waals surface area contributed by atoms with Crippen molar-refractivity contribution in [3.8, 4) is 5.75 Å². The molecule has 0 radical (unpaired) electrons. The third-order valence-corrected chi connectivity index (χ3v) is 7.63. The summed E-state index contributed by atoms with van der Waals surface area (Å²) in [6.45, 7) is 5.88. The first kappa shape index (κ1) is 28.0. The van der Waals surface area contributed by atoms with Crippen LogP contribution in [0.2, 0.25) is 0 Å². The summed E-state index contributed by atoms with van der Waals surface area (Å²) in [5.74, 6) is -0.193. The SMILES string of the molecule is CC(C)OC(=O)[C@H](C)NP(=O)(OC[C@@]1(C)O[C@@H](c2ccc3c(N)ncnn23)[C@H](O)[C@@H]1O)Oc1ccccc1. The fraction of sp³-hybridized carbons (Fsp3) is 0.458. The van der Waals surface area contributed by atoms with Gasteiger partial charge in [0, 0.05) is 0 Å². The van der Waals surface area contributed by atoms with Crippen molar-refractivity contribution in [2.75, 3.05) is 12.3 Å². The molecule has 0 aliphatic carbocycles. The second kappa shape index (κ2) is 11.0. The van der Waals surface area contributed by atoms with Crippen LogP contribution in [0.5, 0.6) is 5.75 Å². The third kappa shape index (κ3) is 5.83. The van der Waals surface area contributed by atoms with Crippen molar-refractivity contribution in [1.82, 2.24) is 19.7 Å². The van der Waals surface area contributed by atoms with Gasteiger partial charge >= 0.3 is 13.7 Å². The number of nitrogens with zero attached hydrogens (tertiary/aromatic N) is 3. The van der Waals surface area contributed by atoms with E-state index in [0.717, 1.165) is 0 Å². The summed E-state index contributed by atoms with van der Waals surface area (Å²) >= 11 is 0. The molecule has 3 aromatic rings. The largest absolute Gasteiger partial charge is 0.462 e. The van der Waals surface area contributed by atoms with E-state index in [9.17, 15) is 19.6 Å². The lowest BCUT2D eigenvalue weighted by Gasteiger charge is -2.30. The Morgan fingerprint density at radius 1 is 1.24 bits per heavy atom. The molecule has 5 N–H and O–H groups in total. The van der Waals surface area contributed by atoms with Crippen LogP contribution in [0.25, 0.3) is 5.52 Å². The zero-order valence-corrected chi connectivity index (χ0v) is 22.3. The van der Waals surface area contributed by atoms with Gasteiger partial charge in [-0.15, -0.1) is 0 Å². The highest BCUT2D eigenvalue weighted by Crippen LogP contribution is 2.48. The maximum atomic E-state index is 13.8. The number of carbonyl (C=O) groups is 1. The van der Waals surface area contributed by atoms with E-state index in [1.807, 2.05) is 0 Å². The molecule has 206 valence electrons. The van der Waals surface area contributed by atoms with Crippen molar-refractivity contribution in [2.45, 2.75) is 63.8 Å². The number of ether oxygens (including phenoxy) is 2. The molecular weight excluding hydrogens is 517 g/mol. The number of esters is 1. The number of aromatic nitrogens is 3. The molecule has 4 rings (SSSR count). The first-order valence-electron chi connectivity index (χ1n) is 12.0. The van der Waals surface area contributed by atoms with Gasteiger partial charge in [-0.05, 0) is 52.0 Å². The van der Waals surface area contributed by atoms with E-state index in [4.69, 9.17) is 24.3 Å². The molecule has 1 unspecified atom stereocenters.